The highest BCUT2D eigenvalue weighted by Crippen LogP contribution is 2.15. The second kappa shape index (κ2) is 5.35. The van der Waals surface area contributed by atoms with Crippen molar-refractivity contribution in [3.05, 3.63) is 73.1 Å². The predicted octanol–water partition coefficient (Wildman–Crippen LogP) is 2.88. The summed E-state index contributed by atoms with van der Waals surface area (Å²) >= 11 is 0. The van der Waals surface area contributed by atoms with E-state index in [0.717, 1.165) is 23.5 Å². The van der Waals surface area contributed by atoms with E-state index in [-0.39, 0.29) is 0 Å². The normalized spacial score (nSPS) is 10.3. The van der Waals surface area contributed by atoms with Crippen molar-refractivity contribution in [3.8, 4) is 5.69 Å². The van der Waals surface area contributed by atoms with Crippen molar-refractivity contribution in [1.82, 2.24) is 14.5 Å². The Hall–Kier alpha value is -2.62. The zero-order chi connectivity index (χ0) is 12.9. The van der Waals surface area contributed by atoms with E-state index in [1.54, 1.807) is 18.7 Å². The number of nitrogens with zero attached hydrogens (tertiary/aromatic N) is 3. The molecule has 1 aromatic carbocycles. The van der Waals surface area contributed by atoms with E-state index in [2.05, 4.69) is 39.6 Å². The minimum atomic E-state index is 0.765. The maximum Gasteiger partial charge on any atom is 0.0991 e. The molecule has 0 aliphatic rings. The summed E-state index contributed by atoms with van der Waals surface area (Å²) in [5.41, 5.74) is 3.33. The van der Waals surface area contributed by atoms with Gasteiger partial charge in [-0.2, -0.15) is 0 Å². The highest BCUT2D eigenvalue weighted by molar-refractivity contribution is 5.51. The summed E-state index contributed by atoms with van der Waals surface area (Å²) in [4.78, 5) is 8.16. The first-order valence-electron chi connectivity index (χ1n) is 6.13. The molecule has 0 atom stereocenters. The number of pyridine rings is 1. The molecule has 0 unspecified atom stereocenters. The molecule has 1 N–H and O–H groups in total. The first kappa shape index (κ1) is 11.5. The monoisotopic (exact) mass is 250 g/mol. The fraction of sp³-hybridized carbons (Fsp3) is 0.0667. The molecule has 0 aliphatic heterocycles. The van der Waals surface area contributed by atoms with Gasteiger partial charge in [0.05, 0.1) is 6.33 Å². The highest BCUT2D eigenvalue weighted by Gasteiger charge is 1.98. The third-order valence-corrected chi connectivity index (χ3v) is 2.87. The summed E-state index contributed by atoms with van der Waals surface area (Å²) in [7, 11) is 0. The Bertz CT molecular complexity index is 632. The average molecular weight is 250 g/mol. The second-order valence-electron chi connectivity index (χ2n) is 4.24. The Balaban J connectivity index is 1.74. The fourth-order valence-electron chi connectivity index (χ4n) is 1.90. The molecule has 0 radical (unpaired) electrons. The van der Waals surface area contributed by atoms with Gasteiger partial charge in [-0.05, 0) is 29.8 Å². The lowest BCUT2D eigenvalue weighted by atomic mass is 10.2. The van der Waals surface area contributed by atoms with Crippen LogP contribution in [0.25, 0.3) is 5.69 Å². The van der Waals surface area contributed by atoms with Crippen LogP contribution in [0.3, 0.4) is 0 Å². The molecule has 94 valence electrons. The molecule has 2 heterocycles. The number of rotatable bonds is 4. The summed E-state index contributed by atoms with van der Waals surface area (Å²) in [6, 6.07) is 12.2. The first-order valence-corrected chi connectivity index (χ1v) is 6.13. The van der Waals surface area contributed by atoms with Gasteiger partial charge in [-0.25, -0.2) is 4.98 Å². The van der Waals surface area contributed by atoms with Gasteiger partial charge in [0.2, 0.25) is 0 Å². The number of benzene rings is 1. The van der Waals surface area contributed by atoms with Gasteiger partial charge in [-0.15, -0.1) is 0 Å². The molecular weight excluding hydrogens is 236 g/mol. The molecule has 3 rings (SSSR count). The topological polar surface area (TPSA) is 42.7 Å². The molecule has 2 aromatic heterocycles. The van der Waals surface area contributed by atoms with Gasteiger partial charge in [0.1, 0.15) is 0 Å². The Kier molecular flexibility index (Phi) is 3.23. The van der Waals surface area contributed by atoms with Crippen LogP contribution in [0.2, 0.25) is 0 Å². The molecule has 0 amide bonds. The van der Waals surface area contributed by atoms with Gasteiger partial charge in [0, 0.05) is 42.7 Å². The lowest BCUT2D eigenvalue weighted by Crippen LogP contribution is -2.00. The molecule has 0 fully saturated rings. The second-order valence-corrected chi connectivity index (χ2v) is 4.24. The molecule has 0 bridgehead atoms. The summed E-state index contributed by atoms with van der Waals surface area (Å²) < 4.78 is 1.98. The minimum Gasteiger partial charge on any atom is -0.381 e. The maximum absolute atomic E-state index is 4.10. The van der Waals surface area contributed by atoms with Gasteiger partial charge in [-0.1, -0.05) is 12.1 Å². The van der Waals surface area contributed by atoms with Crippen molar-refractivity contribution in [2.75, 3.05) is 5.32 Å². The highest BCUT2D eigenvalue weighted by atomic mass is 15.0. The van der Waals surface area contributed by atoms with Crippen LogP contribution >= 0.6 is 0 Å². The van der Waals surface area contributed by atoms with E-state index in [1.165, 1.54) is 0 Å². The van der Waals surface area contributed by atoms with Crippen LogP contribution in [0.4, 0.5) is 5.69 Å². The molecule has 0 saturated carbocycles. The Morgan fingerprint density at radius 3 is 2.84 bits per heavy atom. The number of aromatic nitrogens is 3. The van der Waals surface area contributed by atoms with Crippen LogP contribution in [0.5, 0.6) is 0 Å². The van der Waals surface area contributed by atoms with E-state index >= 15 is 0 Å². The average Bonchev–Trinajstić information content (AvgIpc) is 3.01. The first-order chi connectivity index (χ1) is 9.42. The Morgan fingerprint density at radius 2 is 2.05 bits per heavy atom. The third kappa shape index (κ3) is 2.80. The standard InChI is InChI=1S/C15H14N4/c1-4-14(18-11-13-3-2-6-16-10-13)9-15(5-1)19-8-7-17-12-19/h1-10,12,18H,11H2. The molecular formula is C15H14N4. The van der Waals surface area contributed by atoms with Crippen LogP contribution in [0.1, 0.15) is 5.56 Å². The van der Waals surface area contributed by atoms with Crippen LogP contribution in [-0.2, 0) is 6.54 Å². The van der Waals surface area contributed by atoms with Crippen LogP contribution in [0.15, 0.2) is 67.5 Å². The molecule has 0 aliphatic carbocycles. The Morgan fingerprint density at radius 1 is 1.05 bits per heavy atom. The van der Waals surface area contributed by atoms with Crippen molar-refractivity contribution in [1.29, 1.82) is 0 Å². The summed E-state index contributed by atoms with van der Waals surface area (Å²) in [6.45, 7) is 0.765. The third-order valence-electron chi connectivity index (χ3n) is 2.87. The van der Waals surface area contributed by atoms with E-state index in [0.29, 0.717) is 0 Å². The molecule has 3 aromatic rings. The Labute approximate surface area is 111 Å². The van der Waals surface area contributed by atoms with E-state index in [9.17, 15) is 0 Å². The number of hydrogen-bond acceptors (Lipinski definition) is 3. The van der Waals surface area contributed by atoms with Gasteiger partial charge in [-0.3, -0.25) is 4.98 Å². The number of nitrogens with one attached hydrogen (secondary N) is 1. The zero-order valence-electron chi connectivity index (χ0n) is 10.4. The van der Waals surface area contributed by atoms with E-state index in [4.69, 9.17) is 0 Å². The molecule has 19 heavy (non-hydrogen) atoms. The largest absolute Gasteiger partial charge is 0.381 e. The lowest BCUT2D eigenvalue weighted by molar-refractivity contribution is 1.05. The number of hydrogen-bond donors (Lipinski definition) is 1. The summed E-state index contributed by atoms with van der Waals surface area (Å²) in [6.07, 6.45) is 9.14. The number of anilines is 1. The lowest BCUT2D eigenvalue weighted by Gasteiger charge is -2.08. The fourth-order valence-corrected chi connectivity index (χ4v) is 1.90. The van der Waals surface area contributed by atoms with Crippen molar-refractivity contribution < 1.29 is 0 Å². The van der Waals surface area contributed by atoms with Crippen LogP contribution in [0, 0.1) is 0 Å². The van der Waals surface area contributed by atoms with Crippen molar-refractivity contribution in [3.63, 3.8) is 0 Å². The van der Waals surface area contributed by atoms with Crippen LogP contribution < -0.4 is 5.32 Å². The summed E-state index contributed by atoms with van der Waals surface area (Å²) in [5.74, 6) is 0. The quantitative estimate of drug-likeness (QED) is 0.774. The molecule has 0 saturated heterocycles. The smallest absolute Gasteiger partial charge is 0.0991 e. The molecule has 4 nitrogen and oxygen atoms in total. The van der Waals surface area contributed by atoms with Crippen molar-refractivity contribution in [2.45, 2.75) is 6.54 Å². The minimum absolute atomic E-state index is 0.765. The number of imidazole rings is 1. The molecule has 0 spiro atoms. The SMILES string of the molecule is c1cncc(CNc2cccc(-n3ccnc3)c2)c1. The van der Waals surface area contributed by atoms with Gasteiger partial charge >= 0.3 is 0 Å². The summed E-state index contributed by atoms with van der Waals surface area (Å²) in [5, 5.41) is 3.39. The molecule has 4 heteroatoms. The van der Waals surface area contributed by atoms with Gasteiger partial charge in [0.15, 0.2) is 0 Å². The van der Waals surface area contributed by atoms with Gasteiger partial charge < -0.3 is 9.88 Å². The van der Waals surface area contributed by atoms with Crippen molar-refractivity contribution >= 4 is 5.69 Å². The van der Waals surface area contributed by atoms with E-state index in [1.807, 2.05) is 29.1 Å². The maximum atomic E-state index is 4.10. The predicted molar refractivity (Wildman–Crippen MR) is 75.1 cm³/mol. The van der Waals surface area contributed by atoms with Crippen LogP contribution in [-0.4, -0.2) is 14.5 Å². The van der Waals surface area contributed by atoms with Crippen molar-refractivity contribution in [2.24, 2.45) is 0 Å². The van der Waals surface area contributed by atoms with Gasteiger partial charge in [0.25, 0.3) is 0 Å². The van der Waals surface area contributed by atoms with E-state index < -0.39 is 0 Å². The zero-order valence-corrected chi connectivity index (χ0v) is 10.4.